The van der Waals surface area contributed by atoms with E-state index >= 15 is 0 Å². The van der Waals surface area contributed by atoms with Gasteiger partial charge in [-0.3, -0.25) is 4.79 Å². The summed E-state index contributed by atoms with van der Waals surface area (Å²) in [6, 6.07) is 0. The van der Waals surface area contributed by atoms with E-state index in [1.165, 1.54) is 70.6 Å². The highest BCUT2D eigenvalue weighted by molar-refractivity contribution is 5.72. The summed E-state index contributed by atoms with van der Waals surface area (Å²) in [6.45, 7) is 6.74. The molecule has 21 heavy (non-hydrogen) atoms. The number of esters is 1. The first kappa shape index (κ1) is 20.5. The van der Waals surface area contributed by atoms with Crippen molar-refractivity contribution in [3.8, 4) is 0 Å². The van der Waals surface area contributed by atoms with Gasteiger partial charge in [0.05, 0.1) is 12.5 Å². The topological polar surface area (TPSA) is 26.3 Å². The van der Waals surface area contributed by atoms with E-state index in [-0.39, 0.29) is 11.9 Å². The van der Waals surface area contributed by atoms with Crippen LogP contribution < -0.4 is 0 Å². The summed E-state index contributed by atoms with van der Waals surface area (Å²) in [5.74, 6) is 0.135. The number of carbonyl (C=O) groups excluding carboxylic acids is 1. The zero-order valence-electron chi connectivity index (χ0n) is 14.8. The molecule has 0 aromatic rings. The molecule has 0 aliphatic heterocycles. The highest BCUT2D eigenvalue weighted by Crippen LogP contribution is 2.17. The molecule has 0 bridgehead atoms. The predicted molar refractivity (Wildman–Crippen MR) is 91.5 cm³/mol. The third kappa shape index (κ3) is 12.9. The van der Waals surface area contributed by atoms with E-state index in [0.717, 1.165) is 12.8 Å². The van der Waals surface area contributed by atoms with Crippen LogP contribution in [0.3, 0.4) is 0 Å². The van der Waals surface area contributed by atoms with E-state index in [1.807, 2.05) is 6.92 Å². The Morgan fingerprint density at radius 2 is 1.24 bits per heavy atom. The Morgan fingerprint density at radius 3 is 1.67 bits per heavy atom. The Bertz CT molecular complexity index is 226. The minimum atomic E-state index is 0.00655. The molecule has 2 heteroatoms. The van der Waals surface area contributed by atoms with Gasteiger partial charge in [0.1, 0.15) is 0 Å². The van der Waals surface area contributed by atoms with E-state index in [4.69, 9.17) is 4.74 Å². The summed E-state index contributed by atoms with van der Waals surface area (Å²) in [7, 11) is 0. The second kappa shape index (κ2) is 15.9. The van der Waals surface area contributed by atoms with Crippen LogP contribution in [-0.4, -0.2) is 12.6 Å². The smallest absolute Gasteiger partial charge is 0.308 e. The van der Waals surface area contributed by atoms with Crippen molar-refractivity contribution in [3.05, 3.63) is 0 Å². The second-order valence-electron chi connectivity index (χ2n) is 6.18. The fraction of sp³-hybridized carbons (Fsp3) is 0.947. The monoisotopic (exact) mass is 298 g/mol. The number of ether oxygens (including phenoxy) is 1. The first-order valence-electron chi connectivity index (χ1n) is 9.42. The lowest BCUT2D eigenvalue weighted by molar-refractivity contribution is -0.148. The molecule has 0 spiro atoms. The first-order valence-corrected chi connectivity index (χ1v) is 9.42. The minimum absolute atomic E-state index is 0.00655. The molecular formula is C19H38O2. The number of hydrogen-bond donors (Lipinski definition) is 0. The van der Waals surface area contributed by atoms with Gasteiger partial charge < -0.3 is 4.74 Å². The SMILES string of the molecule is CCCCCCCCCCCCCC(CC)C(=O)OCC. The van der Waals surface area contributed by atoms with Crippen LogP contribution in [0.2, 0.25) is 0 Å². The Kier molecular flexibility index (Phi) is 15.5. The van der Waals surface area contributed by atoms with E-state index in [1.54, 1.807) is 0 Å². The molecule has 0 saturated heterocycles. The molecule has 0 N–H and O–H groups in total. The fourth-order valence-electron chi connectivity index (χ4n) is 2.80. The van der Waals surface area contributed by atoms with Crippen molar-refractivity contribution in [2.24, 2.45) is 5.92 Å². The van der Waals surface area contributed by atoms with Crippen LogP contribution in [0.4, 0.5) is 0 Å². The highest BCUT2D eigenvalue weighted by atomic mass is 16.5. The maximum atomic E-state index is 11.7. The first-order chi connectivity index (χ1) is 10.3. The normalized spacial score (nSPS) is 12.3. The van der Waals surface area contributed by atoms with Gasteiger partial charge in [0.15, 0.2) is 0 Å². The summed E-state index contributed by atoms with van der Waals surface area (Å²) < 4.78 is 5.11. The van der Waals surface area contributed by atoms with Gasteiger partial charge in [0, 0.05) is 0 Å². The molecule has 0 radical (unpaired) electrons. The molecule has 1 unspecified atom stereocenters. The lowest BCUT2D eigenvalue weighted by Gasteiger charge is -2.13. The number of carbonyl (C=O) groups is 1. The lowest BCUT2D eigenvalue weighted by atomic mass is 9.98. The molecule has 126 valence electrons. The molecule has 0 aliphatic rings. The largest absolute Gasteiger partial charge is 0.466 e. The number of hydrogen-bond acceptors (Lipinski definition) is 2. The average Bonchev–Trinajstić information content (AvgIpc) is 2.48. The highest BCUT2D eigenvalue weighted by Gasteiger charge is 2.16. The van der Waals surface area contributed by atoms with Gasteiger partial charge in [0.25, 0.3) is 0 Å². The minimum Gasteiger partial charge on any atom is -0.466 e. The maximum absolute atomic E-state index is 11.7. The third-order valence-corrected chi connectivity index (χ3v) is 4.27. The van der Waals surface area contributed by atoms with Crippen LogP contribution in [0.25, 0.3) is 0 Å². The van der Waals surface area contributed by atoms with Crippen molar-refractivity contribution in [3.63, 3.8) is 0 Å². The van der Waals surface area contributed by atoms with Crippen molar-refractivity contribution in [1.82, 2.24) is 0 Å². The van der Waals surface area contributed by atoms with E-state index in [2.05, 4.69) is 13.8 Å². The summed E-state index contributed by atoms with van der Waals surface area (Å²) in [5, 5.41) is 0. The van der Waals surface area contributed by atoms with Gasteiger partial charge in [-0.2, -0.15) is 0 Å². The molecule has 0 aliphatic carbocycles. The summed E-state index contributed by atoms with van der Waals surface area (Å²) in [5.41, 5.74) is 0. The molecular weight excluding hydrogens is 260 g/mol. The Balaban J connectivity index is 3.32. The molecule has 0 aromatic heterocycles. The van der Waals surface area contributed by atoms with Gasteiger partial charge in [-0.15, -0.1) is 0 Å². The molecule has 0 aromatic carbocycles. The van der Waals surface area contributed by atoms with Crippen LogP contribution in [-0.2, 0) is 9.53 Å². The molecule has 2 nitrogen and oxygen atoms in total. The van der Waals surface area contributed by atoms with Gasteiger partial charge in [-0.1, -0.05) is 84.5 Å². The molecule has 0 saturated carbocycles. The van der Waals surface area contributed by atoms with Crippen LogP contribution in [0.1, 0.15) is 104 Å². The Hall–Kier alpha value is -0.530. The van der Waals surface area contributed by atoms with Crippen LogP contribution >= 0.6 is 0 Å². The van der Waals surface area contributed by atoms with Crippen LogP contribution in [0.5, 0.6) is 0 Å². The molecule has 0 fully saturated rings. The van der Waals surface area contributed by atoms with E-state index in [9.17, 15) is 4.79 Å². The number of unbranched alkanes of at least 4 members (excludes halogenated alkanes) is 10. The maximum Gasteiger partial charge on any atom is 0.308 e. The standard InChI is InChI=1S/C19H38O2/c1-4-7-8-9-10-11-12-13-14-15-16-17-18(5-2)19(20)21-6-3/h18H,4-17H2,1-3H3. The molecule has 0 heterocycles. The van der Waals surface area contributed by atoms with Crippen molar-refractivity contribution in [2.45, 2.75) is 104 Å². The molecule has 0 rings (SSSR count). The fourth-order valence-corrected chi connectivity index (χ4v) is 2.80. The predicted octanol–water partition coefficient (Wildman–Crippen LogP) is 6.28. The summed E-state index contributed by atoms with van der Waals surface area (Å²) >= 11 is 0. The van der Waals surface area contributed by atoms with Crippen molar-refractivity contribution in [1.29, 1.82) is 0 Å². The van der Waals surface area contributed by atoms with Gasteiger partial charge >= 0.3 is 5.97 Å². The zero-order valence-corrected chi connectivity index (χ0v) is 14.8. The van der Waals surface area contributed by atoms with Gasteiger partial charge in [0.2, 0.25) is 0 Å². The zero-order chi connectivity index (χ0) is 15.8. The second-order valence-corrected chi connectivity index (χ2v) is 6.18. The Morgan fingerprint density at radius 1 is 0.762 bits per heavy atom. The third-order valence-electron chi connectivity index (χ3n) is 4.27. The summed E-state index contributed by atoms with van der Waals surface area (Å²) in [6.07, 6.45) is 16.9. The van der Waals surface area contributed by atoms with E-state index < -0.39 is 0 Å². The van der Waals surface area contributed by atoms with Gasteiger partial charge in [-0.25, -0.2) is 0 Å². The molecule has 0 amide bonds. The van der Waals surface area contributed by atoms with Crippen molar-refractivity contribution >= 4 is 5.97 Å². The van der Waals surface area contributed by atoms with Crippen molar-refractivity contribution in [2.75, 3.05) is 6.61 Å². The van der Waals surface area contributed by atoms with Crippen LogP contribution in [0.15, 0.2) is 0 Å². The lowest BCUT2D eigenvalue weighted by Crippen LogP contribution is -2.16. The Labute approximate surface area is 133 Å². The van der Waals surface area contributed by atoms with Crippen molar-refractivity contribution < 1.29 is 9.53 Å². The quantitative estimate of drug-likeness (QED) is 0.263. The van der Waals surface area contributed by atoms with Gasteiger partial charge in [-0.05, 0) is 19.8 Å². The van der Waals surface area contributed by atoms with Crippen LogP contribution in [0, 0.1) is 5.92 Å². The number of rotatable bonds is 15. The van der Waals surface area contributed by atoms with E-state index in [0.29, 0.717) is 6.61 Å². The molecule has 1 atom stereocenters. The summed E-state index contributed by atoms with van der Waals surface area (Å²) in [4.78, 5) is 11.7. The average molecular weight is 299 g/mol.